The maximum atomic E-state index is 13.2. The lowest BCUT2D eigenvalue weighted by atomic mass is 9.80. The van der Waals surface area contributed by atoms with Crippen LogP contribution in [-0.4, -0.2) is 73.0 Å². The predicted molar refractivity (Wildman–Crippen MR) is 102 cm³/mol. The van der Waals surface area contributed by atoms with Crippen molar-refractivity contribution < 1.29 is 14.3 Å². The molecule has 3 aliphatic rings. The summed E-state index contributed by atoms with van der Waals surface area (Å²) in [4.78, 5) is 29.7. The van der Waals surface area contributed by atoms with Crippen molar-refractivity contribution in [2.75, 3.05) is 26.7 Å². The second-order valence-corrected chi connectivity index (χ2v) is 8.22. The zero-order chi connectivity index (χ0) is 19.6. The van der Waals surface area contributed by atoms with Gasteiger partial charge in [0.15, 0.2) is 0 Å². The molecule has 4 N–H and O–H groups in total. The third-order valence-electron chi connectivity index (χ3n) is 6.10. The van der Waals surface area contributed by atoms with Crippen molar-refractivity contribution in [3.8, 4) is 0 Å². The van der Waals surface area contributed by atoms with Gasteiger partial charge >= 0.3 is 0 Å². The molecule has 0 radical (unpaired) electrons. The summed E-state index contributed by atoms with van der Waals surface area (Å²) in [5.74, 6) is -0.521. The molecular weight excluding hydrogens is 346 g/mol. The van der Waals surface area contributed by atoms with Gasteiger partial charge in [0.25, 0.3) is 0 Å². The second kappa shape index (κ2) is 8.86. The van der Waals surface area contributed by atoms with Crippen molar-refractivity contribution in [1.29, 1.82) is 0 Å². The van der Waals surface area contributed by atoms with Gasteiger partial charge in [-0.25, -0.2) is 0 Å². The Kier molecular flexibility index (Phi) is 6.73. The van der Waals surface area contributed by atoms with Crippen LogP contribution < -0.4 is 16.4 Å². The monoisotopic (exact) mass is 381 g/mol. The van der Waals surface area contributed by atoms with Crippen LogP contribution in [-0.2, 0) is 14.3 Å². The quantitative estimate of drug-likeness (QED) is 0.562. The maximum Gasteiger partial charge on any atom is 0.229 e. The highest BCUT2D eigenvalue weighted by Crippen LogP contribution is 2.36. The molecule has 27 heavy (non-hydrogen) atoms. The van der Waals surface area contributed by atoms with E-state index >= 15 is 0 Å². The van der Waals surface area contributed by atoms with Gasteiger partial charge < -0.3 is 20.7 Å². The van der Waals surface area contributed by atoms with E-state index < -0.39 is 6.17 Å². The second-order valence-electron chi connectivity index (χ2n) is 8.22. The highest BCUT2D eigenvalue weighted by atomic mass is 16.5. The molecular formula is C19H35N5O3. The molecule has 0 bridgehead atoms. The number of nitrogens with two attached hydrogens (primary N) is 1. The number of ether oxygens (including phenoxy) is 1. The number of nitrogens with one attached hydrogen (secondary N) is 2. The van der Waals surface area contributed by atoms with Crippen LogP contribution in [0, 0.1) is 11.8 Å². The fraction of sp³-hybridized carbons (Fsp3) is 0.895. The standard InChI is InChI=1S/C19H35N5O3/c1-12(2)27-10-6-9-24-16(20)13(18(25)21-3)11-14-17(24)22-15-7-4-5-8-23(15)19(14)26/h12-17,22H,4-11,20H2,1-3H3,(H,21,25). The first-order valence-electron chi connectivity index (χ1n) is 10.3. The Morgan fingerprint density at radius 2 is 2.19 bits per heavy atom. The summed E-state index contributed by atoms with van der Waals surface area (Å²) in [6.07, 6.45) is 4.26. The average Bonchev–Trinajstić information content (AvgIpc) is 2.66. The summed E-state index contributed by atoms with van der Waals surface area (Å²) >= 11 is 0. The topological polar surface area (TPSA) is 99.9 Å². The summed E-state index contributed by atoms with van der Waals surface area (Å²) in [6, 6.07) is 0. The summed E-state index contributed by atoms with van der Waals surface area (Å²) < 4.78 is 5.66. The van der Waals surface area contributed by atoms with Gasteiger partial charge in [-0.15, -0.1) is 0 Å². The van der Waals surface area contributed by atoms with E-state index in [0.717, 1.165) is 32.2 Å². The van der Waals surface area contributed by atoms with Crippen molar-refractivity contribution in [3.05, 3.63) is 0 Å². The Hall–Kier alpha value is -1.22. The van der Waals surface area contributed by atoms with Crippen molar-refractivity contribution in [3.63, 3.8) is 0 Å². The molecule has 5 atom stereocenters. The number of carbonyl (C=O) groups is 2. The van der Waals surface area contributed by atoms with Crippen molar-refractivity contribution >= 4 is 11.8 Å². The molecule has 0 aromatic rings. The van der Waals surface area contributed by atoms with Crippen LogP contribution in [0.5, 0.6) is 0 Å². The first-order chi connectivity index (χ1) is 12.9. The number of fused-ring (bicyclic) bond motifs is 2. The molecule has 0 spiro atoms. The van der Waals surface area contributed by atoms with Gasteiger partial charge in [0.1, 0.15) is 0 Å². The van der Waals surface area contributed by atoms with Gasteiger partial charge in [0.05, 0.1) is 36.4 Å². The molecule has 2 amide bonds. The zero-order valence-electron chi connectivity index (χ0n) is 16.8. The van der Waals surface area contributed by atoms with E-state index in [1.54, 1.807) is 7.05 Å². The fourth-order valence-electron chi connectivity index (χ4n) is 4.72. The zero-order valence-corrected chi connectivity index (χ0v) is 16.8. The van der Waals surface area contributed by atoms with Gasteiger partial charge in [-0.05, 0) is 46.0 Å². The number of amides is 2. The van der Waals surface area contributed by atoms with Crippen LogP contribution in [0.1, 0.15) is 46.0 Å². The molecule has 8 nitrogen and oxygen atoms in total. The van der Waals surface area contributed by atoms with E-state index in [9.17, 15) is 9.59 Å². The summed E-state index contributed by atoms with van der Waals surface area (Å²) in [5.41, 5.74) is 6.52. The first kappa shape index (κ1) is 20.5. The molecule has 0 aromatic heterocycles. The van der Waals surface area contributed by atoms with Crippen molar-refractivity contribution in [1.82, 2.24) is 20.4 Å². The minimum absolute atomic E-state index is 0.0852. The van der Waals surface area contributed by atoms with Gasteiger partial charge in [-0.3, -0.25) is 19.8 Å². The van der Waals surface area contributed by atoms with Crippen LogP contribution in [0.3, 0.4) is 0 Å². The van der Waals surface area contributed by atoms with Crippen LogP contribution in [0.4, 0.5) is 0 Å². The molecule has 0 aliphatic carbocycles. The maximum absolute atomic E-state index is 13.2. The summed E-state index contributed by atoms with van der Waals surface area (Å²) in [5, 5.41) is 6.39. The third kappa shape index (κ3) is 4.29. The van der Waals surface area contributed by atoms with E-state index in [1.165, 1.54) is 0 Å². The number of hydrogen-bond acceptors (Lipinski definition) is 6. The van der Waals surface area contributed by atoms with Gasteiger partial charge in [-0.2, -0.15) is 0 Å². The highest BCUT2D eigenvalue weighted by molar-refractivity contribution is 5.84. The van der Waals surface area contributed by atoms with Gasteiger partial charge in [-0.1, -0.05) is 0 Å². The first-order valence-corrected chi connectivity index (χ1v) is 10.3. The molecule has 3 heterocycles. The van der Waals surface area contributed by atoms with E-state index in [2.05, 4.69) is 15.5 Å². The largest absolute Gasteiger partial charge is 0.379 e. The van der Waals surface area contributed by atoms with Gasteiger partial charge in [0, 0.05) is 26.7 Å². The molecule has 3 fully saturated rings. The van der Waals surface area contributed by atoms with E-state index in [0.29, 0.717) is 19.6 Å². The minimum Gasteiger partial charge on any atom is -0.379 e. The average molecular weight is 382 g/mol. The van der Waals surface area contributed by atoms with Crippen molar-refractivity contribution in [2.24, 2.45) is 17.6 Å². The molecule has 8 heteroatoms. The third-order valence-corrected chi connectivity index (χ3v) is 6.10. The molecule has 3 rings (SSSR count). The van der Waals surface area contributed by atoms with Crippen molar-refractivity contribution in [2.45, 2.75) is 70.6 Å². The lowest BCUT2D eigenvalue weighted by molar-refractivity contribution is -0.162. The minimum atomic E-state index is -0.402. The number of hydrogen-bond donors (Lipinski definition) is 3. The van der Waals surface area contributed by atoms with Gasteiger partial charge in [0.2, 0.25) is 11.8 Å². The van der Waals surface area contributed by atoms with Crippen LogP contribution >= 0.6 is 0 Å². The SMILES string of the molecule is CNC(=O)C1CC2C(=O)N3CCCCC3NC2N(CCCOC(C)C)C1N. The highest BCUT2D eigenvalue weighted by Gasteiger charge is 2.51. The van der Waals surface area contributed by atoms with E-state index in [4.69, 9.17) is 10.5 Å². The number of likely N-dealkylation sites (tertiary alicyclic amines) is 1. The van der Waals surface area contributed by atoms with E-state index in [1.807, 2.05) is 18.7 Å². The molecule has 0 saturated carbocycles. The molecule has 3 saturated heterocycles. The Morgan fingerprint density at radius 1 is 1.41 bits per heavy atom. The summed E-state index contributed by atoms with van der Waals surface area (Å²) in [6.45, 7) is 6.19. The Morgan fingerprint density at radius 3 is 2.89 bits per heavy atom. The van der Waals surface area contributed by atoms with Crippen LogP contribution in [0.2, 0.25) is 0 Å². The lowest BCUT2D eigenvalue weighted by Gasteiger charge is -2.55. The van der Waals surface area contributed by atoms with E-state index in [-0.39, 0.29) is 42.1 Å². The molecule has 0 aromatic carbocycles. The predicted octanol–water partition coefficient (Wildman–Crippen LogP) is 0.0383. The Bertz CT molecular complexity index is 543. The Labute approximate surface area is 162 Å². The number of rotatable bonds is 6. The van der Waals surface area contributed by atoms with Crippen LogP contribution in [0.25, 0.3) is 0 Å². The number of piperidine rings is 2. The smallest absolute Gasteiger partial charge is 0.229 e. The molecule has 3 aliphatic heterocycles. The molecule has 154 valence electrons. The normalized spacial score (nSPS) is 34.3. The fourth-order valence-corrected chi connectivity index (χ4v) is 4.72. The summed E-state index contributed by atoms with van der Waals surface area (Å²) in [7, 11) is 1.63. The van der Waals surface area contributed by atoms with Crippen LogP contribution in [0.15, 0.2) is 0 Å². The number of carbonyl (C=O) groups excluding carboxylic acids is 2. The molecule has 5 unspecified atom stereocenters. The number of nitrogens with zero attached hydrogens (tertiary/aromatic N) is 2. The lowest BCUT2D eigenvalue weighted by Crippen LogP contribution is -2.74. The Balaban J connectivity index is 1.77.